The molecule has 0 aromatic heterocycles. The number of aryl methyl sites for hydroxylation is 1. The van der Waals surface area contributed by atoms with Gasteiger partial charge in [0.05, 0.1) is 18.5 Å². The Kier molecular flexibility index (Phi) is 5.77. The molecule has 2 fully saturated rings. The smallest absolute Gasteiger partial charge is 0.234 e. The Morgan fingerprint density at radius 1 is 1.07 bits per heavy atom. The number of rotatable bonds is 6. The minimum absolute atomic E-state index is 0.0284. The molecule has 5 nitrogen and oxygen atoms in total. The van der Waals surface area contributed by atoms with E-state index in [1.54, 1.807) is 0 Å². The zero-order valence-corrected chi connectivity index (χ0v) is 16.1. The summed E-state index contributed by atoms with van der Waals surface area (Å²) >= 11 is 0. The first kappa shape index (κ1) is 18.5. The van der Waals surface area contributed by atoms with E-state index >= 15 is 0 Å². The van der Waals surface area contributed by atoms with E-state index in [-0.39, 0.29) is 23.8 Å². The molecule has 146 valence electrons. The fourth-order valence-electron chi connectivity index (χ4n) is 4.47. The van der Waals surface area contributed by atoms with Crippen LogP contribution in [0.4, 0.5) is 0 Å². The van der Waals surface area contributed by atoms with Crippen molar-refractivity contribution in [2.75, 3.05) is 26.2 Å². The Morgan fingerprint density at radius 2 is 1.93 bits per heavy atom. The van der Waals surface area contributed by atoms with Gasteiger partial charge in [-0.3, -0.25) is 14.5 Å². The third-order valence-corrected chi connectivity index (χ3v) is 6.21. The quantitative estimate of drug-likeness (QED) is 0.810. The van der Waals surface area contributed by atoms with E-state index in [2.05, 4.69) is 39.8 Å². The van der Waals surface area contributed by atoms with Crippen molar-refractivity contribution in [3.63, 3.8) is 0 Å². The number of carbonyl (C=O) groups is 2. The first-order valence-corrected chi connectivity index (χ1v) is 10.6. The zero-order valence-electron chi connectivity index (χ0n) is 16.1. The van der Waals surface area contributed by atoms with E-state index in [0.29, 0.717) is 19.0 Å². The Bertz CT molecular complexity index is 686. The lowest BCUT2D eigenvalue weighted by Crippen LogP contribution is -2.47. The number of piperidine rings is 1. The van der Waals surface area contributed by atoms with Crippen LogP contribution in [0.5, 0.6) is 0 Å². The summed E-state index contributed by atoms with van der Waals surface area (Å²) in [7, 11) is 0. The fourth-order valence-corrected chi connectivity index (χ4v) is 4.47. The number of nitrogens with one attached hydrogen (secondary N) is 2. The van der Waals surface area contributed by atoms with Crippen molar-refractivity contribution in [1.82, 2.24) is 15.5 Å². The van der Waals surface area contributed by atoms with Gasteiger partial charge in [0.2, 0.25) is 11.8 Å². The highest BCUT2D eigenvalue weighted by Gasteiger charge is 2.29. The molecular weight excluding hydrogens is 338 g/mol. The van der Waals surface area contributed by atoms with Gasteiger partial charge in [0.1, 0.15) is 0 Å². The lowest BCUT2D eigenvalue weighted by atomic mass is 9.88. The van der Waals surface area contributed by atoms with E-state index in [0.717, 1.165) is 45.2 Å². The third kappa shape index (κ3) is 4.89. The van der Waals surface area contributed by atoms with Crippen molar-refractivity contribution in [2.24, 2.45) is 11.8 Å². The summed E-state index contributed by atoms with van der Waals surface area (Å²) in [5.41, 5.74) is 2.63. The number of benzene rings is 1. The standard InChI is InChI=1S/C22H31N3O2/c26-21(24-20-9-3-6-17-5-1-2-8-19(17)20)15-25-12-4-7-18(14-25)22(27)23-13-16-10-11-16/h1-2,5,8,16,18,20H,3-4,6-7,9-15H2,(H,23,27)(H,24,26)/t18-,20-/m1/s1. The SMILES string of the molecule is O=C(CN1CCC[C@@H](C(=O)NCC2CC2)C1)N[C@@H]1CCCc2ccccc21. The summed E-state index contributed by atoms with van der Waals surface area (Å²) in [5, 5.41) is 6.33. The van der Waals surface area contributed by atoms with Crippen LogP contribution >= 0.6 is 0 Å². The van der Waals surface area contributed by atoms with E-state index in [9.17, 15) is 9.59 Å². The second-order valence-corrected chi connectivity index (χ2v) is 8.47. The minimum atomic E-state index is 0.0284. The molecule has 3 aliphatic rings. The molecular formula is C22H31N3O2. The summed E-state index contributed by atoms with van der Waals surface area (Å²) < 4.78 is 0. The first-order chi connectivity index (χ1) is 13.2. The highest BCUT2D eigenvalue weighted by atomic mass is 16.2. The molecule has 4 rings (SSSR count). The maximum atomic E-state index is 12.6. The summed E-state index contributed by atoms with van der Waals surface area (Å²) in [6, 6.07) is 8.57. The van der Waals surface area contributed by atoms with Crippen LogP contribution in [-0.4, -0.2) is 42.9 Å². The average molecular weight is 370 g/mol. The van der Waals surface area contributed by atoms with Crippen molar-refractivity contribution in [1.29, 1.82) is 0 Å². The van der Waals surface area contributed by atoms with Crippen molar-refractivity contribution < 1.29 is 9.59 Å². The molecule has 1 aromatic rings. The number of carbonyl (C=O) groups excluding carboxylic acids is 2. The van der Waals surface area contributed by atoms with Gasteiger partial charge in [0.25, 0.3) is 0 Å². The lowest BCUT2D eigenvalue weighted by molar-refractivity contribution is -0.129. The Morgan fingerprint density at radius 3 is 2.78 bits per heavy atom. The summed E-state index contributed by atoms with van der Waals surface area (Å²) in [5.74, 6) is 0.988. The van der Waals surface area contributed by atoms with Crippen molar-refractivity contribution >= 4 is 11.8 Å². The largest absolute Gasteiger partial charge is 0.356 e. The highest BCUT2D eigenvalue weighted by molar-refractivity contribution is 5.80. The monoisotopic (exact) mass is 369 g/mol. The van der Waals surface area contributed by atoms with Crippen LogP contribution in [0.15, 0.2) is 24.3 Å². The molecule has 0 bridgehead atoms. The molecule has 0 spiro atoms. The van der Waals surface area contributed by atoms with Crippen LogP contribution in [0.3, 0.4) is 0 Å². The second-order valence-electron chi connectivity index (χ2n) is 8.47. The van der Waals surface area contributed by atoms with E-state index in [1.807, 2.05) is 0 Å². The molecule has 1 aliphatic heterocycles. The van der Waals surface area contributed by atoms with E-state index < -0.39 is 0 Å². The topological polar surface area (TPSA) is 61.4 Å². The normalized spacial score (nSPS) is 25.5. The molecule has 2 N–H and O–H groups in total. The van der Waals surface area contributed by atoms with Gasteiger partial charge < -0.3 is 10.6 Å². The van der Waals surface area contributed by atoms with Crippen LogP contribution in [0.2, 0.25) is 0 Å². The molecule has 2 amide bonds. The second kappa shape index (κ2) is 8.42. The molecule has 1 saturated carbocycles. The Hall–Kier alpha value is -1.88. The molecule has 0 radical (unpaired) electrons. The molecule has 1 saturated heterocycles. The van der Waals surface area contributed by atoms with Gasteiger partial charge in [-0.2, -0.15) is 0 Å². The van der Waals surface area contributed by atoms with Gasteiger partial charge in [0, 0.05) is 13.1 Å². The fraction of sp³-hybridized carbons (Fsp3) is 0.636. The molecule has 27 heavy (non-hydrogen) atoms. The molecule has 2 aliphatic carbocycles. The van der Waals surface area contributed by atoms with Crippen LogP contribution < -0.4 is 10.6 Å². The number of hydrogen-bond acceptors (Lipinski definition) is 3. The molecule has 0 unspecified atom stereocenters. The number of fused-ring (bicyclic) bond motifs is 1. The number of amides is 2. The zero-order chi connectivity index (χ0) is 18.6. The van der Waals surface area contributed by atoms with Crippen molar-refractivity contribution in [3.8, 4) is 0 Å². The van der Waals surface area contributed by atoms with Gasteiger partial charge in [0.15, 0.2) is 0 Å². The maximum absolute atomic E-state index is 12.6. The van der Waals surface area contributed by atoms with Crippen molar-refractivity contribution in [3.05, 3.63) is 35.4 Å². The predicted octanol–water partition coefficient (Wildman–Crippen LogP) is 2.42. The van der Waals surface area contributed by atoms with Gasteiger partial charge in [-0.25, -0.2) is 0 Å². The van der Waals surface area contributed by atoms with Gasteiger partial charge in [-0.05, 0) is 68.5 Å². The Balaban J connectivity index is 1.27. The Labute approximate surface area is 161 Å². The lowest BCUT2D eigenvalue weighted by Gasteiger charge is -2.32. The molecule has 2 atom stereocenters. The summed E-state index contributed by atoms with van der Waals surface area (Å²) in [6.45, 7) is 2.83. The number of likely N-dealkylation sites (tertiary alicyclic amines) is 1. The molecule has 1 aromatic carbocycles. The van der Waals surface area contributed by atoms with Gasteiger partial charge >= 0.3 is 0 Å². The van der Waals surface area contributed by atoms with E-state index in [1.165, 1.54) is 24.0 Å². The maximum Gasteiger partial charge on any atom is 0.234 e. The number of hydrogen-bond donors (Lipinski definition) is 2. The van der Waals surface area contributed by atoms with Crippen LogP contribution in [0.25, 0.3) is 0 Å². The summed E-state index contributed by atoms with van der Waals surface area (Å²) in [6.07, 6.45) is 7.66. The minimum Gasteiger partial charge on any atom is -0.356 e. The average Bonchev–Trinajstić information content (AvgIpc) is 3.51. The third-order valence-electron chi connectivity index (χ3n) is 6.21. The van der Waals surface area contributed by atoms with E-state index in [4.69, 9.17) is 0 Å². The van der Waals surface area contributed by atoms with Crippen molar-refractivity contribution in [2.45, 2.75) is 51.0 Å². The predicted molar refractivity (Wildman–Crippen MR) is 105 cm³/mol. The molecule has 1 heterocycles. The van der Waals surface area contributed by atoms with Crippen LogP contribution in [0.1, 0.15) is 55.7 Å². The highest BCUT2D eigenvalue weighted by Crippen LogP contribution is 2.29. The van der Waals surface area contributed by atoms with Gasteiger partial charge in [-0.1, -0.05) is 24.3 Å². The number of nitrogens with zero attached hydrogens (tertiary/aromatic N) is 1. The summed E-state index contributed by atoms with van der Waals surface area (Å²) in [4.78, 5) is 27.2. The van der Waals surface area contributed by atoms with Gasteiger partial charge in [-0.15, -0.1) is 0 Å². The first-order valence-electron chi connectivity index (χ1n) is 10.6. The van der Waals surface area contributed by atoms with Crippen LogP contribution in [0, 0.1) is 11.8 Å². The molecule has 5 heteroatoms. The van der Waals surface area contributed by atoms with Crippen LogP contribution in [-0.2, 0) is 16.0 Å².